The van der Waals surface area contributed by atoms with Crippen molar-refractivity contribution in [2.75, 3.05) is 19.8 Å². The molecule has 1 saturated carbocycles. The second kappa shape index (κ2) is 6.68. The van der Waals surface area contributed by atoms with Gasteiger partial charge in [-0.25, -0.2) is 0 Å². The maximum absolute atomic E-state index is 5.59. The Balaban J connectivity index is 1.67. The molecule has 5 heteroatoms. The Kier molecular flexibility index (Phi) is 5.21. The summed E-state index contributed by atoms with van der Waals surface area (Å²) in [4.78, 5) is 0. The number of rotatable bonds is 8. The van der Waals surface area contributed by atoms with E-state index < -0.39 is 0 Å². The molecule has 1 aliphatic rings. The van der Waals surface area contributed by atoms with Gasteiger partial charge in [0.25, 0.3) is 0 Å². The van der Waals surface area contributed by atoms with Crippen molar-refractivity contribution in [3.8, 4) is 0 Å². The van der Waals surface area contributed by atoms with Gasteiger partial charge in [-0.05, 0) is 41.1 Å². The fourth-order valence-electron chi connectivity index (χ4n) is 1.90. The number of nitrogens with one attached hydrogen (secondary N) is 1. The Morgan fingerprint density at radius 3 is 2.89 bits per heavy atom. The Morgan fingerprint density at radius 1 is 1.50 bits per heavy atom. The molecule has 0 unspecified atom stereocenters. The lowest BCUT2D eigenvalue weighted by atomic mass is 10.3. The molecule has 0 aliphatic heterocycles. The number of hydrogen-bond donors (Lipinski definition) is 1. The molecular formula is C13H22BrN3O. The Hall–Kier alpha value is -0.390. The fraction of sp³-hybridized carbons (Fsp3) is 0.769. The highest BCUT2D eigenvalue weighted by atomic mass is 79.9. The summed E-state index contributed by atoms with van der Waals surface area (Å²) < 4.78 is 8.67. The molecule has 0 bridgehead atoms. The lowest BCUT2D eigenvalue weighted by Crippen LogP contribution is -2.21. The third-order valence-corrected chi connectivity index (χ3v) is 4.18. The zero-order valence-electron chi connectivity index (χ0n) is 11.2. The van der Waals surface area contributed by atoms with Gasteiger partial charge in [-0.1, -0.05) is 6.92 Å². The van der Waals surface area contributed by atoms with E-state index in [0.29, 0.717) is 0 Å². The minimum atomic E-state index is 0.798. The molecule has 1 N–H and O–H groups in total. The maximum Gasteiger partial charge on any atom is 0.0767 e. The van der Waals surface area contributed by atoms with Gasteiger partial charge in [0, 0.05) is 26.7 Å². The first kappa shape index (κ1) is 14.0. The zero-order chi connectivity index (χ0) is 13.0. The smallest absolute Gasteiger partial charge is 0.0767 e. The Morgan fingerprint density at radius 2 is 2.28 bits per heavy atom. The van der Waals surface area contributed by atoms with Gasteiger partial charge in [-0.15, -0.1) is 0 Å². The van der Waals surface area contributed by atoms with Crippen LogP contribution in [-0.2, 0) is 24.8 Å². The molecule has 0 spiro atoms. The summed E-state index contributed by atoms with van der Waals surface area (Å²) in [5.74, 6) is 0.850. The number of nitrogens with zero attached hydrogens (tertiary/aromatic N) is 2. The minimum Gasteiger partial charge on any atom is -0.380 e. The number of halogens is 1. The number of hydrogen-bond acceptors (Lipinski definition) is 3. The van der Waals surface area contributed by atoms with E-state index in [9.17, 15) is 0 Å². The second-order valence-corrected chi connectivity index (χ2v) is 5.67. The number of ether oxygens (including phenoxy) is 1. The van der Waals surface area contributed by atoms with Crippen molar-refractivity contribution in [2.45, 2.75) is 32.7 Å². The van der Waals surface area contributed by atoms with Crippen molar-refractivity contribution in [1.82, 2.24) is 15.1 Å². The van der Waals surface area contributed by atoms with E-state index in [-0.39, 0.29) is 0 Å². The molecule has 102 valence electrons. The molecule has 0 saturated heterocycles. The summed E-state index contributed by atoms with van der Waals surface area (Å²) in [6.45, 7) is 5.59. The van der Waals surface area contributed by atoms with Crippen LogP contribution in [0.25, 0.3) is 0 Å². The third kappa shape index (κ3) is 3.80. The van der Waals surface area contributed by atoms with Crippen LogP contribution in [0.2, 0.25) is 0 Å². The molecule has 1 aromatic rings. The van der Waals surface area contributed by atoms with E-state index in [0.717, 1.165) is 48.8 Å². The zero-order valence-corrected chi connectivity index (χ0v) is 12.8. The van der Waals surface area contributed by atoms with Crippen molar-refractivity contribution < 1.29 is 4.74 Å². The van der Waals surface area contributed by atoms with Gasteiger partial charge in [0.1, 0.15) is 0 Å². The standard InChI is InChI=1S/C13H22BrN3O/c1-3-11-13(14)12(17(2)16-11)8-15-6-7-18-9-10-4-5-10/h10,15H,3-9H2,1-2H3. The summed E-state index contributed by atoms with van der Waals surface area (Å²) >= 11 is 3.62. The van der Waals surface area contributed by atoms with E-state index in [1.54, 1.807) is 0 Å². The summed E-state index contributed by atoms with van der Waals surface area (Å²) in [6, 6.07) is 0. The topological polar surface area (TPSA) is 39.1 Å². The number of aromatic nitrogens is 2. The lowest BCUT2D eigenvalue weighted by molar-refractivity contribution is 0.126. The first-order chi connectivity index (χ1) is 8.72. The molecule has 2 rings (SSSR count). The Labute approximate surface area is 117 Å². The van der Waals surface area contributed by atoms with Crippen LogP contribution in [-0.4, -0.2) is 29.5 Å². The highest BCUT2D eigenvalue weighted by Gasteiger charge is 2.20. The predicted octanol–water partition coefficient (Wildman–Crippen LogP) is 2.26. The largest absolute Gasteiger partial charge is 0.380 e. The molecule has 0 amide bonds. The molecule has 18 heavy (non-hydrogen) atoms. The summed E-state index contributed by atoms with van der Waals surface area (Å²) in [6.07, 6.45) is 3.67. The highest BCUT2D eigenvalue weighted by Crippen LogP contribution is 2.28. The van der Waals surface area contributed by atoms with Crippen LogP contribution in [0.1, 0.15) is 31.2 Å². The average Bonchev–Trinajstić information content (AvgIpc) is 3.13. The fourth-order valence-corrected chi connectivity index (χ4v) is 2.65. The quantitative estimate of drug-likeness (QED) is 0.748. The molecule has 4 nitrogen and oxygen atoms in total. The van der Waals surface area contributed by atoms with Gasteiger partial charge in [0.2, 0.25) is 0 Å². The van der Waals surface area contributed by atoms with Gasteiger partial charge >= 0.3 is 0 Å². The molecule has 0 aromatic carbocycles. The van der Waals surface area contributed by atoms with Crippen molar-refractivity contribution in [3.05, 3.63) is 15.9 Å². The van der Waals surface area contributed by atoms with Crippen LogP contribution in [0.5, 0.6) is 0 Å². The summed E-state index contributed by atoms with van der Waals surface area (Å²) in [7, 11) is 1.99. The predicted molar refractivity (Wildman–Crippen MR) is 75.5 cm³/mol. The van der Waals surface area contributed by atoms with Gasteiger partial charge in [-0.2, -0.15) is 5.10 Å². The first-order valence-corrected chi connectivity index (χ1v) is 7.50. The van der Waals surface area contributed by atoms with Crippen molar-refractivity contribution in [1.29, 1.82) is 0 Å². The molecule has 1 aliphatic carbocycles. The lowest BCUT2D eigenvalue weighted by Gasteiger charge is -2.06. The minimum absolute atomic E-state index is 0.798. The van der Waals surface area contributed by atoms with Gasteiger partial charge in [0.05, 0.1) is 22.5 Å². The van der Waals surface area contributed by atoms with Gasteiger partial charge in [0.15, 0.2) is 0 Å². The Bertz CT molecular complexity index is 388. The molecule has 1 aromatic heterocycles. The SMILES string of the molecule is CCc1nn(C)c(CNCCOCC2CC2)c1Br. The van der Waals surface area contributed by atoms with Crippen LogP contribution in [0, 0.1) is 5.92 Å². The van der Waals surface area contributed by atoms with Gasteiger partial charge < -0.3 is 10.1 Å². The maximum atomic E-state index is 5.59. The molecule has 0 atom stereocenters. The second-order valence-electron chi connectivity index (χ2n) is 4.88. The molecule has 1 heterocycles. The molecular weight excluding hydrogens is 294 g/mol. The highest BCUT2D eigenvalue weighted by molar-refractivity contribution is 9.10. The van der Waals surface area contributed by atoms with E-state index in [1.165, 1.54) is 18.5 Å². The molecule has 0 radical (unpaired) electrons. The van der Waals surface area contributed by atoms with Crippen LogP contribution in [0.15, 0.2) is 4.47 Å². The van der Waals surface area contributed by atoms with E-state index in [1.807, 2.05) is 11.7 Å². The van der Waals surface area contributed by atoms with Crippen molar-refractivity contribution >= 4 is 15.9 Å². The van der Waals surface area contributed by atoms with Crippen LogP contribution in [0.4, 0.5) is 0 Å². The van der Waals surface area contributed by atoms with Crippen LogP contribution < -0.4 is 5.32 Å². The molecule has 1 fully saturated rings. The van der Waals surface area contributed by atoms with Crippen LogP contribution >= 0.6 is 15.9 Å². The normalized spacial score (nSPS) is 15.3. The third-order valence-electron chi connectivity index (χ3n) is 3.27. The summed E-state index contributed by atoms with van der Waals surface area (Å²) in [5, 5.41) is 7.87. The van der Waals surface area contributed by atoms with E-state index in [2.05, 4.69) is 33.3 Å². The number of aryl methyl sites for hydroxylation is 2. The van der Waals surface area contributed by atoms with E-state index in [4.69, 9.17) is 4.74 Å². The average molecular weight is 316 g/mol. The van der Waals surface area contributed by atoms with Gasteiger partial charge in [-0.3, -0.25) is 4.68 Å². The monoisotopic (exact) mass is 315 g/mol. The first-order valence-electron chi connectivity index (χ1n) is 6.71. The summed E-state index contributed by atoms with van der Waals surface area (Å²) in [5.41, 5.74) is 2.33. The van der Waals surface area contributed by atoms with Crippen molar-refractivity contribution in [2.24, 2.45) is 13.0 Å². The van der Waals surface area contributed by atoms with E-state index >= 15 is 0 Å². The van der Waals surface area contributed by atoms with Crippen LogP contribution in [0.3, 0.4) is 0 Å². The van der Waals surface area contributed by atoms with Crippen molar-refractivity contribution in [3.63, 3.8) is 0 Å².